The highest BCUT2D eigenvalue weighted by molar-refractivity contribution is 5.87. The van der Waals surface area contributed by atoms with Crippen LogP contribution in [0.4, 0.5) is 0 Å². The van der Waals surface area contributed by atoms with Crippen molar-refractivity contribution in [3.05, 3.63) is 89.9 Å². The Morgan fingerprint density at radius 2 is 1.85 bits per heavy atom. The number of rotatable bonds is 6. The molecule has 0 spiro atoms. The lowest BCUT2D eigenvalue weighted by molar-refractivity contribution is 0.0854. The maximum absolute atomic E-state index is 5.67. The number of benzene rings is 1. The van der Waals surface area contributed by atoms with Gasteiger partial charge in [-0.25, -0.2) is 4.98 Å². The molecule has 0 aliphatic carbocycles. The van der Waals surface area contributed by atoms with Crippen LogP contribution in [0.2, 0.25) is 0 Å². The maximum Gasteiger partial charge on any atom is 0.213 e. The second-order valence-electron chi connectivity index (χ2n) is 6.19. The minimum Gasteiger partial charge on any atom is -0.473 e. The molecule has 130 valence electrons. The Labute approximate surface area is 152 Å². The van der Waals surface area contributed by atoms with E-state index in [1.807, 2.05) is 36.5 Å². The van der Waals surface area contributed by atoms with Crippen molar-refractivity contribution in [2.75, 3.05) is 0 Å². The highest BCUT2D eigenvalue weighted by atomic mass is 16.6. The van der Waals surface area contributed by atoms with E-state index < -0.39 is 0 Å². The Morgan fingerprint density at radius 1 is 0.962 bits per heavy atom. The summed E-state index contributed by atoms with van der Waals surface area (Å²) in [5.74, 6) is 0.635. The van der Waals surface area contributed by atoms with Gasteiger partial charge in [0.05, 0.1) is 5.71 Å². The first kappa shape index (κ1) is 16.3. The molecular formula is C21H19N3O2. The van der Waals surface area contributed by atoms with E-state index >= 15 is 0 Å². The molecule has 0 saturated carbocycles. The molecule has 0 bridgehead atoms. The average molecular weight is 345 g/mol. The first-order valence-electron chi connectivity index (χ1n) is 8.60. The fourth-order valence-corrected chi connectivity index (χ4v) is 2.85. The Hall–Kier alpha value is -3.21. The van der Waals surface area contributed by atoms with E-state index in [9.17, 15) is 0 Å². The molecule has 1 unspecified atom stereocenters. The molecular weight excluding hydrogens is 326 g/mol. The highest BCUT2D eigenvalue weighted by Gasteiger charge is 2.22. The molecule has 0 amide bonds. The van der Waals surface area contributed by atoms with E-state index in [0.717, 1.165) is 29.7 Å². The van der Waals surface area contributed by atoms with Gasteiger partial charge in [0.2, 0.25) is 5.88 Å². The fraction of sp³-hybridized carbons (Fsp3) is 0.190. The molecule has 1 aliphatic heterocycles. The zero-order chi connectivity index (χ0) is 17.6. The van der Waals surface area contributed by atoms with Gasteiger partial charge in [0.15, 0.2) is 6.10 Å². The number of oxime groups is 1. The summed E-state index contributed by atoms with van der Waals surface area (Å²) >= 11 is 0. The van der Waals surface area contributed by atoms with Crippen molar-refractivity contribution in [3.8, 4) is 5.88 Å². The van der Waals surface area contributed by atoms with Gasteiger partial charge in [0.1, 0.15) is 6.61 Å². The zero-order valence-corrected chi connectivity index (χ0v) is 14.3. The molecule has 2 aromatic heterocycles. The van der Waals surface area contributed by atoms with Gasteiger partial charge >= 0.3 is 0 Å². The molecule has 5 nitrogen and oxygen atoms in total. The van der Waals surface area contributed by atoms with Gasteiger partial charge in [-0.15, -0.1) is 0 Å². The largest absolute Gasteiger partial charge is 0.473 e. The van der Waals surface area contributed by atoms with E-state index in [1.54, 1.807) is 12.4 Å². The normalized spacial score (nSPS) is 16.0. The number of aromatic nitrogens is 2. The van der Waals surface area contributed by atoms with Gasteiger partial charge in [-0.1, -0.05) is 41.6 Å². The molecule has 0 radical (unpaired) electrons. The van der Waals surface area contributed by atoms with Gasteiger partial charge in [0.25, 0.3) is 0 Å². The van der Waals surface area contributed by atoms with Gasteiger partial charge in [-0.05, 0) is 23.3 Å². The summed E-state index contributed by atoms with van der Waals surface area (Å²) < 4.78 is 5.67. The van der Waals surface area contributed by atoms with Gasteiger partial charge in [0, 0.05) is 43.1 Å². The smallest absolute Gasteiger partial charge is 0.213 e. The molecule has 4 rings (SSSR count). The minimum absolute atomic E-state index is 0.0234. The zero-order valence-electron chi connectivity index (χ0n) is 14.3. The van der Waals surface area contributed by atoms with Crippen LogP contribution in [0.25, 0.3) is 0 Å². The number of hydrogen-bond acceptors (Lipinski definition) is 5. The van der Waals surface area contributed by atoms with Crippen LogP contribution in [0.3, 0.4) is 0 Å². The van der Waals surface area contributed by atoms with Crippen LogP contribution in [0, 0.1) is 0 Å². The molecule has 3 heterocycles. The van der Waals surface area contributed by atoms with E-state index in [-0.39, 0.29) is 6.10 Å². The molecule has 1 aromatic carbocycles. The van der Waals surface area contributed by atoms with Crippen LogP contribution in [0.5, 0.6) is 5.88 Å². The summed E-state index contributed by atoms with van der Waals surface area (Å²) in [5, 5.41) is 4.24. The van der Waals surface area contributed by atoms with Crippen LogP contribution >= 0.6 is 0 Å². The Bertz CT molecular complexity index is 865. The Balaban J connectivity index is 1.30. The van der Waals surface area contributed by atoms with Gasteiger partial charge in [-0.2, -0.15) is 0 Å². The highest BCUT2D eigenvalue weighted by Crippen LogP contribution is 2.27. The molecule has 0 N–H and O–H groups in total. The van der Waals surface area contributed by atoms with Gasteiger partial charge < -0.3 is 9.57 Å². The van der Waals surface area contributed by atoms with Crippen molar-refractivity contribution >= 4 is 5.71 Å². The molecule has 5 heteroatoms. The maximum atomic E-state index is 5.67. The molecule has 0 fully saturated rings. The number of pyridine rings is 2. The van der Waals surface area contributed by atoms with Crippen molar-refractivity contribution < 1.29 is 9.57 Å². The summed E-state index contributed by atoms with van der Waals surface area (Å²) in [6.07, 6.45) is 6.89. The molecule has 1 aliphatic rings. The number of nitrogens with zero attached hydrogens (tertiary/aromatic N) is 3. The van der Waals surface area contributed by atoms with Crippen LogP contribution in [0.15, 0.2) is 78.3 Å². The van der Waals surface area contributed by atoms with E-state index in [2.05, 4.69) is 39.4 Å². The summed E-state index contributed by atoms with van der Waals surface area (Å²) in [4.78, 5) is 13.9. The second-order valence-corrected chi connectivity index (χ2v) is 6.19. The van der Waals surface area contributed by atoms with Crippen LogP contribution < -0.4 is 4.74 Å². The average Bonchev–Trinajstić information content (AvgIpc) is 3.17. The molecule has 1 atom stereocenters. The predicted octanol–water partition coefficient (Wildman–Crippen LogP) is 4.12. The number of hydrogen-bond donors (Lipinski definition) is 0. The lowest BCUT2D eigenvalue weighted by atomic mass is 10.0. The fourth-order valence-electron chi connectivity index (χ4n) is 2.85. The predicted molar refractivity (Wildman–Crippen MR) is 98.8 cm³/mol. The summed E-state index contributed by atoms with van der Waals surface area (Å²) in [6, 6.07) is 17.9. The Kier molecular flexibility index (Phi) is 4.87. The Morgan fingerprint density at radius 3 is 2.62 bits per heavy atom. The van der Waals surface area contributed by atoms with E-state index in [1.165, 1.54) is 5.56 Å². The van der Waals surface area contributed by atoms with Crippen LogP contribution in [-0.4, -0.2) is 15.7 Å². The lowest BCUT2D eigenvalue weighted by Gasteiger charge is -2.07. The molecule has 26 heavy (non-hydrogen) atoms. The van der Waals surface area contributed by atoms with Crippen molar-refractivity contribution in [1.29, 1.82) is 0 Å². The van der Waals surface area contributed by atoms with E-state index in [4.69, 9.17) is 9.57 Å². The van der Waals surface area contributed by atoms with Crippen LogP contribution in [0.1, 0.15) is 29.2 Å². The first-order valence-corrected chi connectivity index (χ1v) is 8.60. The van der Waals surface area contributed by atoms with Crippen molar-refractivity contribution in [3.63, 3.8) is 0 Å². The summed E-state index contributed by atoms with van der Waals surface area (Å²) in [5.41, 5.74) is 4.43. The second kappa shape index (κ2) is 7.78. The quantitative estimate of drug-likeness (QED) is 0.674. The molecule has 3 aromatic rings. The third-order valence-corrected chi connectivity index (χ3v) is 4.24. The lowest BCUT2D eigenvalue weighted by Crippen LogP contribution is -2.04. The third-order valence-electron chi connectivity index (χ3n) is 4.24. The number of ether oxygens (including phenoxy) is 1. The van der Waals surface area contributed by atoms with Gasteiger partial charge in [-0.3, -0.25) is 4.98 Å². The third kappa shape index (κ3) is 4.06. The van der Waals surface area contributed by atoms with Crippen molar-refractivity contribution in [2.24, 2.45) is 5.16 Å². The minimum atomic E-state index is -0.0234. The monoisotopic (exact) mass is 345 g/mol. The SMILES string of the molecule is c1ccc(OCc2ccc(CC3=NOC(c4cccnc4)C3)cc2)nc1. The first-order chi connectivity index (χ1) is 12.9. The topological polar surface area (TPSA) is 56.6 Å². The van der Waals surface area contributed by atoms with E-state index in [0.29, 0.717) is 12.5 Å². The van der Waals surface area contributed by atoms with Crippen molar-refractivity contribution in [1.82, 2.24) is 9.97 Å². The summed E-state index contributed by atoms with van der Waals surface area (Å²) in [7, 11) is 0. The summed E-state index contributed by atoms with van der Waals surface area (Å²) in [6.45, 7) is 0.504. The van der Waals surface area contributed by atoms with Crippen LogP contribution in [-0.2, 0) is 17.9 Å². The van der Waals surface area contributed by atoms with Crippen molar-refractivity contribution in [2.45, 2.75) is 25.6 Å². The standard InChI is InChI=1S/C21H19N3O2/c1-2-11-23-21(5-1)25-15-17-8-6-16(7-9-17)12-19-13-20(26-24-19)18-4-3-10-22-14-18/h1-11,14,20H,12-13,15H2. The molecule has 0 saturated heterocycles.